The maximum atomic E-state index is 13.2. The van der Waals surface area contributed by atoms with Crippen LogP contribution in [0.1, 0.15) is 21.5 Å². The minimum Gasteiger partial charge on any atom is -0.448 e. The molecule has 158 valence electrons. The number of anilines is 2. The minimum atomic E-state index is -4.56. The molecule has 2 aromatic carbocycles. The molecule has 2 aliphatic rings. The Labute approximate surface area is 170 Å². The second kappa shape index (κ2) is 7.98. The quantitative estimate of drug-likeness (QED) is 0.773. The number of ether oxygens (including phenoxy) is 2. The number of fused-ring (bicyclic) bond motifs is 1. The molecule has 1 atom stereocenters. The summed E-state index contributed by atoms with van der Waals surface area (Å²) < 4.78 is 50.2. The molecule has 0 aliphatic carbocycles. The Morgan fingerprint density at radius 1 is 1.10 bits per heavy atom. The highest BCUT2D eigenvalue weighted by Gasteiger charge is 2.34. The van der Waals surface area contributed by atoms with E-state index in [2.05, 4.69) is 5.32 Å². The highest BCUT2D eigenvalue weighted by molar-refractivity contribution is 6.01. The van der Waals surface area contributed by atoms with Crippen molar-refractivity contribution < 1.29 is 32.2 Å². The fourth-order valence-corrected chi connectivity index (χ4v) is 3.58. The van der Waals surface area contributed by atoms with E-state index in [1.807, 2.05) is 4.90 Å². The van der Waals surface area contributed by atoms with Crippen LogP contribution in [0.4, 0.5) is 24.5 Å². The van der Waals surface area contributed by atoms with Crippen LogP contribution in [0.25, 0.3) is 0 Å². The van der Waals surface area contributed by atoms with Crippen molar-refractivity contribution in [2.75, 3.05) is 36.5 Å². The average molecular weight is 420 g/mol. The fourth-order valence-electron chi connectivity index (χ4n) is 3.58. The fraction of sp³-hybridized carbons (Fsp3) is 0.333. The van der Waals surface area contributed by atoms with Gasteiger partial charge in [0.1, 0.15) is 0 Å². The number of hydrogen-bond acceptors (Lipinski definition) is 5. The van der Waals surface area contributed by atoms with Gasteiger partial charge in [0.2, 0.25) is 0 Å². The normalized spacial score (nSPS) is 19.1. The Morgan fingerprint density at radius 2 is 1.83 bits per heavy atom. The van der Waals surface area contributed by atoms with Gasteiger partial charge in [-0.15, -0.1) is 0 Å². The first kappa shape index (κ1) is 20.2. The Kier molecular flexibility index (Phi) is 5.38. The van der Waals surface area contributed by atoms with Gasteiger partial charge >= 0.3 is 12.1 Å². The number of benzene rings is 2. The van der Waals surface area contributed by atoms with Gasteiger partial charge in [0.25, 0.3) is 5.91 Å². The minimum absolute atomic E-state index is 0.0200. The first-order valence-corrected chi connectivity index (χ1v) is 9.46. The number of nitrogens with zero attached hydrogens (tertiary/aromatic N) is 1. The van der Waals surface area contributed by atoms with Gasteiger partial charge in [-0.05, 0) is 29.8 Å². The number of alkyl halides is 3. The second-order valence-corrected chi connectivity index (χ2v) is 7.07. The average Bonchev–Trinajstić information content (AvgIpc) is 2.73. The van der Waals surface area contributed by atoms with E-state index in [0.29, 0.717) is 43.1 Å². The lowest BCUT2D eigenvalue weighted by Gasteiger charge is -2.31. The van der Waals surface area contributed by atoms with Crippen molar-refractivity contribution in [3.63, 3.8) is 0 Å². The summed E-state index contributed by atoms with van der Waals surface area (Å²) in [6.07, 6.45) is -5.53. The van der Waals surface area contributed by atoms with Crippen LogP contribution < -0.4 is 10.2 Å². The molecule has 1 fully saturated rings. The molecule has 4 rings (SSSR count). The molecule has 30 heavy (non-hydrogen) atoms. The zero-order valence-corrected chi connectivity index (χ0v) is 15.9. The van der Waals surface area contributed by atoms with Crippen molar-refractivity contribution in [3.05, 3.63) is 59.2 Å². The van der Waals surface area contributed by atoms with Gasteiger partial charge in [-0.1, -0.05) is 18.2 Å². The predicted octanol–water partition coefficient (Wildman–Crippen LogP) is 3.26. The number of carbonyl (C=O) groups is 2. The van der Waals surface area contributed by atoms with E-state index in [0.717, 1.165) is 12.1 Å². The summed E-state index contributed by atoms with van der Waals surface area (Å²) in [5.41, 5.74) is 0.649. The number of halogens is 3. The molecule has 0 bridgehead atoms. The molecule has 2 heterocycles. The van der Waals surface area contributed by atoms with E-state index >= 15 is 0 Å². The largest absolute Gasteiger partial charge is 0.448 e. The van der Waals surface area contributed by atoms with Crippen LogP contribution >= 0.6 is 0 Å². The molecule has 0 saturated carbocycles. The summed E-state index contributed by atoms with van der Waals surface area (Å²) in [4.78, 5) is 26.8. The number of rotatable bonds is 3. The lowest BCUT2D eigenvalue weighted by atomic mass is 9.98. The summed E-state index contributed by atoms with van der Waals surface area (Å²) in [6, 6.07) is 9.99. The van der Waals surface area contributed by atoms with E-state index in [4.69, 9.17) is 9.47 Å². The van der Waals surface area contributed by atoms with Gasteiger partial charge in [0.15, 0.2) is 6.10 Å². The third-order valence-electron chi connectivity index (χ3n) is 5.12. The van der Waals surface area contributed by atoms with Crippen molar-refractivity contribution in [1.82, 2.24) is 0 Å². The summed E-state index contributed by atoms with van der Waals surface area (Å²) >= 11 is 0. The highest BCUT2D eigenvalue weighted by Crippen LogP contribution is 2.36. The molecule has 1 amide bonds. The molecule has 0 spiro atoms. The van der Waals surface area contributed by atoms with Gasteiger partial charge in [-0.3, -0.25) is 4.79 Å². The number of amides is 1. The maximum absolute atomic E-state index is 13.2. The molecule has 2 aromatic rings. The smallest absolute Gasteiger partial charge is 0.416 e. The predicted molar refractivity (Wildman–Crippen MR) is 102 cm³/mol. The first-order valence-electron chi connectivity index (χ1n) is 9.46. The topological polar surface area (TPSA) is 67.9 Å². The van der Waals surface area contributed by atoms with Crippen LogP contribution in [0.15, 0.2) is 42.5 Å². The molecule has 1 unspecified atom stereocenters. The Bertz CT molecular complexity index is 971. The standard InChI is InChI=1S/C21H19F3N2O4/c22-21(23,24)14-5-6-17(26-7-9-29-10-8-26)16(12-14)25-19(27)18-11-13-3-1-2-4-15(13)20(28)30-18/h1-6,12,18H,7-11H2,(H,25,27). The number of hydrogen-bond donors (Lipinski definition) is 1. The van der Waals surface area contributed by atoms with Crippen LogP contribution in [0.2, 0.25) is 0 Å². The van der Waals surface area contributed by atoms with Crippen LogP contribution in [0, 0.1) is 0 Å². The molecule has 2 aliphatic heterocycles. The van der Waals surface area contributed by atoms with Crippen molar-refractivity contribution in [2.45, 2.75) is 18.7 Å². The number of morpholine rings is 1. The summed E-state index contributed by atoms with van der Waals surface area (Å²) in [5, 5.41) is 2.54. The molecular formula is C21H19F3N2O4. The first-order chi connectivity index (χ1) is 14.3. The third-order valence-corrected chi connectivity index (χ3v) is 5.12. The zero-order chi connectivity index (χ0) is 21.3. The number of cyclic esters (lactones) is 1. The van der Waals surface area contributed by atoms with Crippen LogP contribution in [-0.4, -0.2) is 44.3 Å². The summed E-state index contributed by atoms with van der Waals surface area (Å²) in [7, 11) is 0. The molecular weight excluding hydrogens is 401 g/mol. The molecule has 6 nitrogen and oxygen atoms in total. The van der Waals surface area contributed by atoms with Crippen molar-refractivity contribution >= 4 is 23.3 Å². The lowest BCUT2D eigenvalue weighted by Crippen LogP contribution is -2.39. The lowest BCUT2D eigenvalue weighted by molar-refractivity contribution is -0.137. The van der Waals surface area contributed by atoms with Crippen molar-refractivity contribution in [2.24, 2.45) is 0 Å². The Hall–Kier alpha value is -3.07. The molecule has 1 saturated heterocycles. The van der Waals surface area contributed by atoms with E-state index in [1.165, 1.54) is 6.07 Å². The van der Waals surface area contributed by atoms with Crippen LogP contribution in [-0.2, 0) is 26.9 Å². The summed E-state index contributed by atoms with van der Waals surface area (Å²) in [6.45, 7) is 1.84. The van der Waals surface area contributed by atoms with E-state index in [1.54, 1.807) is 24.3 Å². The number of esters is 1. The van der Waals surface area contributed by atoms with Gasteiger partial charge in [0.05, 0.1) is 35.7 Å². The molecule has 0 radical (unpaired) electrons. The highest BCUT2D eigenvalue weighted by atomic mass is 19.4. The second-order valence-electron chi connectivity index (χ2n) is 7.07. The summed E-state index contributed by atoms with van der Waals surface area (Å²) in [5.74, 6) is -1.30. The van der Waals surface area contributed by atoms with Gasteiger partial charge < -0.3 is 19.7 Å². The van der Waals surface area contributed by atoms with E-state index in [-0.39, 0.29) is 12.1 Å². The number of carbonyl (C=O) groups excluding carboxylic acids is 2. The van der Waals surface area contributed by atoms with Crippen molar-refractivity contribution in [1.29, 1.82) is 0 Å². The monoisotopic (exact) mass is 420 g/mol. The molecule has 0 aromatic heterocycles. The molecule has 9 heteroatoms. The third kappa shape index (κ3) is 4.11. The SMILES string of the molecule is O=C1OC(C(=O)Nc2cc(C(F)(F)F)ccc2N2CCOCC2)Cc2ccccc21. The van der Waals surface area contributed by atoms with Gasteiger partial charge in [0, 0.05) is 19.5 Å². The zero-order valence-electron chi connectivity index (χ0n) is 15.9. The molecule has 1 N–H and O–H groups in total. The van der Waals surface area contributed by atoms with Gasteiger partial charge in [-0.2, -0.15) is 13.2 Å². The maximum Gasteiger partial charge on any atom is 0.416 e. The van der Waals surface area contributed by atoms with Crippen LogP contribution in [0.3, 0.4) is 0 Å². The Balaban J connectivity index is 1.61. The van der Waals surface area contributed by atoms with E-state index in [9.17, 15) is 22.8 Å². The Morgan fingerprint density at radius 3 is 2.57 bits per heavy atom. The number of nitrogens with one attached hydrogen (secondary N) is 1. The van der Waals surface area contributed by atoms with E-state index < -0.39 is 29.7 Å². The van der Waals surface area contributed by atoms with Gasteiger partial charge in [-0.25, -0.2) is 4.79 Å². The van der Waals surface area contributed by atoms with Crippen LogP contribution in [0.5, 0.6) is 0 Å². The van der Waals surface area contributed by atoms with Crippen molar-refractivity contribution in [3.8, 4) is 0 Å².